The van der Waals surface area contributed by atoms with Crippen LogP contribution in [-0.4, -0.2) is 26.5 Å². The maximum Gasteiger partial charge on any atom is 0.150 e. The standard InChI is InChI=1S/C14H29NO2S/c1-4-10-18(16,17)11-9-14(12-15)7-5-13(2,3)6-8-14/h4-12,15H2,1-3H3. The largest absolute Gasteiger partial charge is 0.330 e. The van der Waals surface area contributed by atoms with Gasteiger partial charge in [-0.1, -0.05) is 20.8 Å². The summed E-state index contributed by atoms with van der Waals surface area (Å²) in [5.41, 5.74) is 6.42. The molecule has 0 bridgehead atoms. The maximum absolute atomic E-state index is 11.8. The Morgan fingerprint density at radius 2 is 1.61 bits per heavy atom. The molecule has 1 saturated carbocycles. The van der Waals surface area contributed by atoms with Gasteiger partial charge in [-0.05, 0) is 55.9 Å². The molecule has 4 heteroatoms. The van der Waals surface area contributed by atoms with Crippen molar-refractivity contribution < 1.29 is 8.42 Å². The first-order chi connectivity index (χ1) is 8.24. The van der Waals surface area contributed by atoms with Gasteiger partial charge in [-0.3, -0.25) is 0 Å². The van der Waals surface area contributed by atoms with Crippen LogP contribution in [0.2, 0.25) is 0 Å². The average molecular weight is 275 g/mol. The zero-order chi connectivity index (χ0) is 13.9. The van der Waals surface area contributed by atoms with Gasteiger partial charge < -0.3 is 5.73 Å². The molecule has 0 radical (unpaired) electrons. The fourth-order valence-corrected chi connectivity index (χ4v) is 4.37. The van der Waals surface area contributed by atoms with Gasteiger partial charge in [-0.2, -0.15) is 0 Å². The summed E-state index contributed by atoms with van der Waals surface area (Å²) in [5.74, 6) is 0.637. The zero-order valence-electron chi connectivity index (χ0n) is 12.2. The second-order valence-corrected chi connectivity index (χ2v) is 9.07. The Morgan fingerprint density at radius 1 is 1.06 bits per heavy atom. The molecule has 0 heterocycles. The molecule has 1 fully saturated rings. The third-order valence-corrected chi connectivity index (χ3v) is 6.41. The summed E-state index contributed by atoms with van der Waals surface area (Å²) >= 11 is 0. The van der Waals surface area contributed by atoms with E-state index in [1.807, 2.05) is 6.92 Å². The van der Waals surface area contributed by atoms with Crippen LogP contribution in [-0.2, 0) is 9.84 Å². The number of hydrogen-bond donors (Lipinski definition) is 1. The molecule has 0 aromatic rings. The van der Waals surface area contributed by atoms with Crippen molar-refractivity contribution in [2.45, 2.75) is 59.3 Å². The Bertz CT molecular complexity index is 350. The van der Waals surface area contributed by atoms with Crippen molar-refractivity contribution in [3.63, 3.8) is 0 Å². The molecular weight excluding hydrogens is 246 g/mol. The molecule has 3 nitrogen and oxygen atoms in total. The average Bonchev–Trinajstić information content (AvgIpc) is 2.29. The topological polar surface area (TPSA) is 60.2 Å². The lowest BCUT2D eigenvalue weighted by Gasteiger charge is -2.43. The van der Waals surface area contributed by atoms with Crippen LogP contribution in [0.1, 0.15) is 59.3 Å². The molecular formula is C14H29NO2S. The second kappa shape index (κ2) is 5.91. The van der Waals surface area contributed by atoms with E-state index in [4.69, 9.17) is 5.73 Å². The van der Waals surface area contributed by atoms with E-state index in [1.54, 1.807) is 0 Å². The highest BCUT2D eigenvalue weighted by atomic mass is 32.2. The Morgan fingerprint density at radius 3 is 2.06 bits per heavy atom. The fraction of sp³-hybridized carbons (Fsp3) is 1.00. The Labute approximate surface area is 112 Å². The van der Waals surface area contributed by atoms with E-state index >= 15 is 0 Å². The summed E-state index contributed by atoms with van der Waals surface area (Å²) in [4.78, 5) is 0. The minimum absolute atomic E-state index is 0.0797. The normalized spacial score (nSPS) is 22.9. The molecule has 1 rings (SSSR count). The van der Waals surface area contributed by atoms with Crippen molar-refractivity contribution in [3.8, 4) is 0 Å². The predicted octanol–water partition coefficient (Wildman–Crippen LogP) is 2.75. The minimum Gasteiger partial charge on any atom is -0.330 e. The first-order valence-corrected chi connectivity index (χ1v) is 8.97. The monoisotopic (exact) mass is 275 g/mol. The summed E-state index contributed by atoms with van der Waals surface area (Å²) in [7, 11) is -2.86. The molecule has 0 aliphatic heterocycles. The van der Waals surface area contributed by atoms with Gasteiger partial charge in [0.2, 0.25) is 0 Å². The van der Waals surface area contributed by atoms with Gasteiger partial charge in [0.05, 0.1) is 5.75 Å². The lowest BCUT2D eigenvalue weighted by molar-refractivity contribution is 0.105. The van der Waals surface area contributed by atoms with Gasteiger partial charge in [0, 0.05) is 5.75 Å². The number of hydrogen-bond acceptors (Lipinski definition) is 3. The lowest BCUT2D eigenvalue weighted by Crippen LogP contribution is -2.38. The third-order valence-electron chi connectivity index (χ3n) is 4.56. The van der Waals surface area contributed by atoms with Gasteiger partial charge in [-0.25, -0.2) is 8.42 Å². The first-order valence-electron chi connectivity index (χ1n) is 7.15. The van der Waals surface area contributed by atoms with Crippen LogP contribution < -0.4 is 5.73 Å². The van der Waals surface area contributed by atoms with Crippen LogP contribution in [0.3, 0.4) is 0 Å². The number of sulfone groups is 1. The van der Waals surface area contributed by atoms with Crippen LogP contribution in [0.5, 0.6) is 0 Å². The summed E-state index contributed by atoms with van der Waals surface area (Å²) in [6, 6.07) is 0. The van der Waals surface area contributed by atoms with Crippen molar-refractivity contribution in [2.24, 2.45) is 16.6 Å². The Balaban J connectivity index is 2.58. The van der Waals surface area contributed by atoms with Gasteiger partial charge in [0.1, 0.15) is 9.84 Å². The second-order valence-electron chi connectivity index (χ2n) is 6.77. The van der Waals surface area contributed by atoms with Crippen molar-refractivity contribution in [1.82, 2.24) is 0 Å². The molecule has 0 spiro atoms. The van der Waals surface area contributed by atoms with E-state index < -0.39 is 9.84 Å². The molecule has 0 saturated heterocycles. The van der Waals surface area contributed by atoms with Crippen LogP contribution in [0.4, 0.5) is 0 Å². The number of nitrogens with two attached hydrogens (primary N) is 1. The summed E-state index contributed by atoms with van der Waals surface area (Å²) in [6.45, 7) is 7.13. The first kappa shape index (κ1) is 16.0. The Kier molecular flexibility index (Phi) is 5.24. The van der Waals surface area contributed by atoms with E-state index in [1.165, 1.54) is 0 Å². The van der Waals surface area contributed by atoms with Gasteiger partial charge in [0.15, 0.2) is 0 Å². The summed E-state index contributed by atoms with van der Waals surface area (Å²) in [5, 5.41) is 0. The van der Waals surface area contributed by atoms with E-state index in [9.17, 15) is 8.42 Å². The maximum atomic E-state index is 11.8. The van der Waals surface area contributed by atoms with Crippen LogP contribution in [0.15, 0.2) is 0 Å². The highest BCUT2D eigenvalue weighted by Crippen LogP contribution is 2.46. The SMILES string of the molecule is CCCS(=O)(=O)CCC1(CN)CCC(C)(C)CC1. The van der Waals surface area contributed by atoms with E-state index in [0.717, 1.165) is 32.1 Å². The Hall–Kier alpha value is -0.0900. The molecule has 0 amide bonds. The van der Waals surface area contributed by atoms with Crippen molar-refractivity contribution in [3.05, 3.63) is 0 Å². The van der Waals surface area contributed by atoms with Crippen molar-refractivity contribution in [1.29, 1.82) is 0 Å². The highest BCUT2D eigenvalue weighted by Gasteiger charge is 2.37. The quantitative estimate of drug-likeness (QED) is 0.811. The smallest absolute Gasteiger partial charge is 0.150 e. The molecule has 0 aromatic carbocycles. The molecule has 1 aliphatic carbocycles. The molecule has 1 aliphatic rings. The van der Waals surface area contributed by atoms with E-state index in [-0.39, 0.29) is 5.41 Å². The fourth-order valence-electron chi connectivity index (χ4n) is 2.80. The van der Waals surface area contributed by atoms with E-state index in [0.29, 0.717) is 29.9 Å². The minimum atomic E-state index is -2.86. The molecule has 108 valence electrons. The summed E-state index contributed by atoms with van der Waals surface area (Å²) < 4.78 is 23.6. The molecule has 0 atom stereocenters. The van der Waals surface area contributed by atoms with Crippen LogP contribution in [0.25, 0.3) is 0 Å². The third kappa shape index (κ3) is 4.54. The van der Waals surface area contributed by atoms with E-state index in [2.05, 4.69) is 13.8 Å². The lowest BCUT2D eigenvalue weighted by atomic mass is 9.64. The van der Waals surface area contributed by atoms with Crippen LogP contribution >= 0.6 is 0 Å². The molecule has 2 N–H and O–H groups in total. The highest BCUT2D eigenvalue weighted by molar-refractivity contribution is 7.91. The molecule has 0 aromatic heterocycles. The van der Waals surface area contributed by atoms with Crippen molar-refractivity contribution >= 4 is 9.84 Å². The van der Waals surface area contributed by atoms with Gasteiger partial charge >= 0.3 is 0 Å². The van der Waals surface area contributed by atoms with Gasteiger partial charge in [-0.15, -0.1) is 0 Å². The number of rotatable bonds is 6. The molecule has 0 unspecified atom stereocenters. The van der Waals surface area contributed by atoms with Gasteiger partial charge in [0.25, 0.3) is 0 Å². The summed E-state index contributed by atoms with van der Waals surface area (Å²) in [6.07, 6.45) is 5.96. The zero-order valence-corrected chi connectivity index (χ0v) is 13.0. The predicted molar refractivity (Wildman–Crippen MR) is 77.3 cm³/mol. The van der Waals surface area contributed by atoms with Crippen LogP contribution in [0, 0.1) is 10.8 Å². The van der Waals surface area contributed by atoms with Crippen molar-refractivity contribution in [2.75, 3.05) is 18.1 Å². The molecule has 18 heavy (non-hydrogen) atoms.